The Balaban J connectivity index is 1.31. The Morgan fingerprint density at radius 1 is 0.962 bits per heavy atom. The second kappa shape index (κ2) is 7.81. The van der Waals surface area contributed by atoms with E-state index in [1.54, 1.807) is 0 Å². The Labute approximate surface area is 154 Å². The molecule has 2 aromatic carbocycles. The van der Waals surface area contributed by atoms with Gasteiger partial charge in [0.15, 0.2) is 11.5 Å². The zero-order valence-corrected chi connectivity index (χ0v) is 15.0. The van der Waals surface area contributed by atoms with Crippen molar-refractivity contribution < 1.29 is 14.3 Å². The van der Waals surface area contributed by atoms with E-state index in [0.29, 0.717) is 6.61 Å². The van der Waals surface area contributed by atoms with Crippen LogP contribution in [0.2, 0.25) is 0 Å². The summed E-state index contributed by atoms with van der Waals surface area (Å²) >= 11 is 0. The quantitative estimate of drug-likeness (QED) is 0.833. The number of likely N-dealkylation sites (tertiary alicyclic amines) is 1. The lowest BCUT2D eigenvalue weighted by atomic mass is 10.0. The summed E-state index contributed by atoms with van der Waals surface area (Å²) in [7, 11) is 0. The second-order valence-electron chi connectivity index (χ2n) is 7.09. The lowest BCUT2D eigenvalue weighted by molar-refractivity contribution is 0.0724. The van der Waals surface area contributed by atoms with Gasteiger partial charge in [-0.3, -0.25) is 4.79 Å². The second-order valence-corrected chi connectivity index (χ2v) is 7.09. The Morgan fingerprint density at radius 3 is 2.46 bits per heavy atom. The summed E-state index contributed by atoms with van der Waals surface area (Å²) in [6.07, 6.45) is 5.36. The molecule has 1 saturated heterocycles. The van der Waals surface area contributed by atoms with Gasteiger partial charge >= 0.3 is 0 Å². The zero-order valence-electron chi connectivity index (χ0n) is 15.0. The molecule has 2 aromatic rings. The maximum absolute atomic E-state index is 12.5. The zero-order chi connectivity index (χ0) is 17.8. The first-order valence-electron chi connectivity index (χ1n) is 9.56. The molecule has 26 heavy (non-hydrogen) atoms. The van der Waals surface area contributed by atoms with Crippen LogP contribution in [0.1, 0.15) is 41.6 Å². The van der Waals surface area contributed by atoms with Gasteiger partial charge in [0.25, 0.3) is 5.91 Å². The lowest BCUT2D eigenvalue weighted by Gasteiger charge is -2.27. The van der Waals surface area contributed by atoms with E-state index in [1.165, 1.54) is 12.0 Å². The minimum atomic E-state index is 0.0690. The third-order valence-corrected chi connectivity index (χ3v) is 5.17. The van der Waals surface area contributed by atoms with Gasteiger partial charge in [-0.25, -0.2) is 0 Å². The number of hydrogen-bond acceptors (Lipinski definition) is 3. The number of hydrogen-bond donors (Lipinski definition) is 0. The first kappa shape index (κ1) is 17.0. The summed E-state index contributed by atoms with van der Waals surface area (Å²) in [6, 6.07) is 15.8. The fraction of sp³-hybridized carbons (Fsp3) is 0.409. The van der Waals surface area contributed by atoms with Gasteiger partial charge in [0, 0.05) is 18.7 Å². The molecule has 0 aliphatic carbocycles. The number of fused-ring (bicyclic) bond motifs is 1. The highest BCUT2D eigenvalue weighted by molar-refractivity contribution is 5.94. The third kappa shape index (κ3) is 3.85. The maximum atomic E-state index is 12.5. The van der Waals surface area contributed by atoms with E-state index >= 15 is 0 Å². The monoisotopic (exact) mass is 351 g/mol. The number of benzene rings is 2. The third-order valence-electron chi connectivity index (χ3n) is 5.17. The van der Waals surface area contributed by atoms with Crippen LogP contribution in [0.3, 0.4) is 0 Å². The van der Waals surface area contributed by atoms with Crippen LogP contribution >= 0.6 is 0 Å². The molecule has 2 aliphatic rings. The highest BCUT2D eigenvalue weighted by atomic mass is 16.6. The molecular formula is C22H25NO3. The van der Waals surface area contributed by atoms with Gasteiger partial charge < -0.3 is 14.4 Å². The number of carbonyl (C=O) groups is 1. The summed E-state index contributed by atoms with van der Waals surface area (Å²) < 4.78 is 11.8. The number of aryl methyl sites for hydroxylation is 1. The molecule has 1 amide bonds. The summed E-state index contributed by atoms with van der Waals surface area (Å²) in [4.78, 5) is 14.5. The predicted octanol–water partition coefficient (Wildman–Crippen LogP) is 4.09. The van der Waals surface area contributed by atoms with Crippen molar-refractivity contribution in [2.24, 2.45) is 0 Å². The molecule has 1 fully saturated rings. The summed E-state index contributed by atoms with van der Waals surface area (Å²) in [5, 5.41) is 0. The van der Waals surface area contributed by atoms with E-state index in [-0.39, 0.29) is 12.0 Å². The Bertz CT molecular complexity index is 750. The van der Waals surface area contributed by atoms with Gasteiger partial charge in [-0.1, -0.05) is 24.3 Å². The van der Waals surface area contributed by atoms with Gasteiger partial charge in [-0.15, -0.1) is 0 Å². The summed E-state index contributed by atoms with van der Waals surface area (Å²) in [5.74, 6) is 1.81. The van der Waals surface area contributed by atoms with Gasteiger partial charge in [0.1, 0.15) is 12.7 Å². The summed E-state index contributed by atoms with van der Waals surface area (Å²) in [5.41, 5.74) is 2.02. The molecule has 1 atom stereocenters. The van der Waals surface area contributed by atoms with E-state index in [1.807, 2.05) is 41.3 Å². The molecule has 4 rings (SSSR count). The molecule has 0 radical (unpaired) electrons. The number of para-hydroxylation sites is 2. The minimum absolute atomic E-state index is 0.0690. The number of amides is 1. The average molecular weight is 351 g/mol. The molecule has 136 valence electrons. The van der Waals surface area contributed by atoms with E-state index in [9.17, 15) is 4.79 Å². The van der Waals surface area contributed by atoms with Crippen LogP contribution in [0.4, 0.5) is 0 Å². The van der Waals surface area contributed by atoms with Crippen LogP contribution in [0.5, 0.6) is 11.5 Å². The SMILES string of the molecule is O=C(c1ccc(CC[C@@H]2COc3ccccc3O2)cc1)N1CCCCC1. The summed E-state index contributed by atoms with van der Waals surface area (Å²) in [6.45, 7) is 2.37. The molecule has 0 bridgehead atoms. The maximum Gasteiger partial charge on any atom is 0.253 e. The highest BCUT2D eigenvalue weighted by Crippen LogP contribution is 2.31. The molecule has 0 unspecified atom stereocenters. The highest BCUT2D eigenvalue weighted by Gasteiger charge is 2.21. The first-order valence-corrected chi connectivity index (χ1v) is 9.56. The Hall–Kier alpha value is -2.49. The van der Waals surface area contributed by atoms with E-state index < -0.39 is 0 Å². The Morgan fingerprint density at radius 2 is 1.69 bits per heavy atom. The van der Waals surface area contributed by atoms with Crippen LogP contribution in [0, 0.1) is 0 Å². The van der Waals surface area contributed by atoms with Crippen molar-refractivity contribution in [3.63, 3.8) is 0 Å². The standard InChI is InChI=1S/C22H25NO3/c24-22(23-14-4-1-5-15-23)18-11-8-17(9-12-18)10-13-19-16-25-20-6-2-3-7-21(20)26-19/h2-3,6-9,11-12,19H,1,4-5,10,13-16H2/t19-/m1/s1. The molecule has 0 spiro atoms. The topological polar surface area (TPSA) is 38.8 Å². The molecule has 0 saturated carbocycles. The lowest BCUT2D eigenvalue weighted by Crippen LogP contribution is -2.35. The molecule has 2 heterocycles. The van der Waals surface area contributed by atoms with Crippen molar-refractivity contribution in [1.82, 2.24) is 4.90 Å². The fourth-order valence-electron chi connectivity index (χ4n) is 3.63. The van der Waals surface area contributed by atoms with Crippen molar-refractivity contribution in [1.29, 1.82) is 0 Å². The van der Waals surface area contributed by atoms with E-state index in [2.05, 4.69) is 12.1 Å². The van der Waals surface area contributed by atoms with Crippen LogP contribution < -0.4 is 9.47 Å². The molecule has 0 aromatic heterocycles. The van der Waals surface area contributed by atoms with Crippen LogP contribution in [0.15, 0.2) is 48.5 Å². The first-order chi connectivity index (χ1) is 12.8. The Kier molecular flexibility index (Phi) is 5.09. The number of carbonyl (C=O) groups excluding carboxylic acids is 1. The van der Waals surface area contributed by atoms with Crippen molar-refractivity contribution in [2.75, 3.05) is 19.7 Å². The van der Waals surface area contributed by atoms with Gasteiger partial charge in [-0.2, -0.15) is 0 Å². The number of rotatable bonds is 4. The number of piperidine rings is 1. The smallest absolute Gasteiger partial charge is 0.253 e. The van der Waals surface area contributed by atoms with Crippen LogP contribution in [-0.4, -0.2) is 36.6 Å². The normalized spacial score (nSPS) is 19.2. The van der Waals surface area contributed by atoms with Crippen molar-refractivity contribution in [3.8, 4) is 11.5 Å². The van der Waals surface area contributed by atoms with Gasteiger partial charge in [0.05, 0.1) is 0 Å². The largest absolute Gasteiger partial charge is 0.486 e. The number of ether oxygens (including phenoxy) is 2. The van der Waals surface area contributed by atoms with Crippen molar-refractivity contribution in [3.05, 3.63) is 59.7 Å². The van der Waals surface area contributed by atoms with E-state index in [0.717, 1.165) is 55.8 Å². The molecular weight excluding hydrogens is 326 g/mol. The average Bonchev–Trinajstić information content (AvgIpc) is 2.72. The molecule has 4 heteroatoms. The fourth-order valence-corrected chi connectivity index (χ4v) is 3.63. The number of nitrogens with zero attached hydrogens (tertiary/aromatic N) is 1. The van der Waals surface area contributed by atoms with Crippen LogP contribution in [-0.2, 0) is 6.42 Å². The van der Waals surface area contributed by atoms with E-state index in [4.69, 9.17) is 9.47 Å². The van der Waals surface area contributed by atoms with Crippen LogP contribution in [0.25, 0.3) is 0 Å². The van der Waals surface area contributed by atoms with Crippen molar-refractivity contribution in [2.45, 2.75) is 38.2 Å². The minimum Gasteiger partial charge on any atom is -0.486 e. The predicted molar refractivity (Wildman–Crippen MR) is 101 cm³/mol. The van der Waals surface area contributed by atoms with Gasteiger partial charge in [-0.05, 0) is 61.9 Å². The van der Waals surface area contributed by atoms with Crippen molar-refractivity contribution >= 4 is 5.91 Å². The molecule has 4 nitrogen and oxygen atoms in total. The van der Waals surface area contributed by atoms with Gasteiger partial charge in [0.2, 0.25) is 0 Å². The molecule has 2 aliphatic heterocycles. The molecule has 0 N–H and O–H groups in total.